The van der Waals surface area contributed by atoms with Crippen LogP contribution in [0.3, 0.4) is 0 Å². The van der Waals surface area contributed by atoms with E-state index in [1.165, 1.54) is 6.07 Å². The first kappa shape index (κ1) is 20.6. The van der Waals surface area contributed by atoms with Gasteiger partial charge in [-0.3, -0.25) is 4.79 Å². The maximum Gasteiger partial charge on any atom is 0.339 e. The lowest BCUT2D eigenvalue weighted by atomic mass is 9.96. The van der Waals surface area contributed by atoms with Crippen molar-refractivity contribution in [3.05, 3.63) is 89.2 Å². The molecule has 0 aliphatic heterocycles. The van der Waals surface area contributed by atoms with Gasteiger partial charge in [0.25, 0.3) is 5.91 Å². The number of halogens is 3. The van der Waals surface area contributed by atoms with Crippen molar-refractivity contribution in [2.75, 3.05) is 11.9 Å². The number of hydrogen-bond donors (Lipinski definition) is 1. The largest absolute Gasteiger partial charge is 0.452 e. The lowest BCUT2D eigenvalue weighted by Gasteiger charge is -2.11. The zero-order valence-corrected chi connectivity index (χ0v) is 15.3. The molecule has 0 bridgehead atoms. The zero-order chi connectivity index (χ0) is 21.7. The number of hydrogen-bond acceptors (Lipinski definition) is 4. The summed E-state index contributed by atoms with van der Waals surface area (Å²) < 4.78 is 44.8. The van der Waals surface area contributed by atoms with Crippen molar-refractivity contribution in [3.8, 4) is 17.2 Å². The molecule has 8 heteroatoms. The maximum absolute atomic E-state index is 13.6. The van der Waals surface area contributed by atoms with Crippen molar-refractivity contribution in [1.29, 1.82) is 5.26 Å². The normalized spacial score (nSPS) is 10.2. The van der Waals surface area contributed by atoms with Crippen molar-refractivity contribution >= 4 is 17.6 Å². The van der Waals surface area contributed by atoms with Crippen LogP contribution in [-0.4, -0.2) is 18.5 Å². The molecule has 0 fully saturated rings. The van der Waals surface area contributed by atoms with Crippen LogP contribution in [0.4, 0.5) is 18.9 Å². The molecular weight excluding hydrogens is 397 g/mol. The van der Waals surface area contributed by atoms with Crippen LogP contribution >= 0.6 is 0 Å². The first-order valence-corrected chi connectivity index (χ1v) is 8.61. The second-order valence-corrected chi connectivity index (χ2v) is 6.05. The van der Waals surface area contributed by atoms with Gasteiger partial charge < -0.3 is 10.1 Å². The smallest absolute Gasteiger partial charge is 0.339 e. The van der Waals surface area contributed by atoms with E-state index in [9.17, 15) is 28.0 Å². The van der Waals surface area contributed by atoms with Crippen molar-refractivity contribution in [1.82, 2.24) is 0 Å². The summed E-state index contributed by atoms with van der Waals surface area (Å²) in [6.45, 7) is -0.786. The maximum atomic E-state index is 13.6. The molecule has 1 amide bonds. The van der Waals surface area contributed by atoms with Crippen LogP contribution < -0.4 is 5.32 Å². The average Bonchev–Trinajstić information content (AvgIpc) is 2.77. The summed E-state index contributed by atoms with van der Waals surface area (Å²) in [6, 6.07) is 16.6. The number of carbonyl (C=O) groups is 2. The Balaban J connectivity index is 1.74. The van der Waals surface area contributed by atoms with Gasteiger partial charge in [-0.25, -0.2) is 18.0 Å². The van der Waals surface area contributed by atoms with Crippen molar-refractivity contribution in [2.24, 2.45) is 0 Å². The topological polar surface area (TPSA) is 79.2 Å². The van der Waals surface area contributed by atoms with Crippen LogP contribution in [0.25, 0.3) is 11.1 Å². The number of amides is 1. The van der Waals surface area contributed by atoms with Gasteiger partial charge in [-0.1, -0.05) is 36.4 Å². The van der Waals surface area contributed by atoms with E-state index in [0.717, 1.165) is 6.07 Å². The van der Waals surface area contributed by atoms with Crippen LogP contribution in [0.1, 0.15) is 15.9 Å². The van der Waals surface area contributed by atoms with Crippen molar-refractivity contribution in [2.45, 2.75) is 0 Å². The Hall–Kier alpha value is -4.12. The molecule has 0 aromatic heterocycles. The molecule has 3 rings (SSSR count). The molecule has 0 aliphatic carbocycles. The van der Waals surface area contributed by atoms with Gasteiger partial charge in [-0.15, -0.1) is 0 Å². The summed E-state index contributed by atoms with van der Waals surface area (Å²) >= 11 is 0. The molecule has 3 aromatic carbocycles. The Morgan fingerprint density at radius 2 is 1.57 bits per heavy atom. The third-order valence-corrected chi connectivity index (χ3v) is 4.13. The molecule has 0 spiro atoms. The number of anilines is 1. The fourth-order valence-electron chi connectivity index (χ4n) is 2.73. The van der Waals surface area contributed by atoms with Crippen molar-refractivity contribution < 1.29 is 27.5 Å². The van der Waals surface area contributed by atoms with E-state index in [4.69, 9.17) is 4.74 Å². The highest BCUT2D eigenvalue weighted by molar-refractivity contribution is 6.00. The molecule has 0 heterocycles. The first-order chi connectivity index (χ1) is 14.4. The second kappa shape index (κ2) is 8.92. The number of benzene rings is 3. The van der Waals surface area contributed by atoms with Gasteiger partial charge in [0.2, 0.25) is 0 Å². The van der Waals surface area contributed by atoms with E-state index in [-0.39, 0.29) is 5.56 Å². The van der Waals surface area contributed by atoms with Gasteiger partial charge in [-0.2, -0.15) is 5.26 Å². The molecule has 5 nitrogen and oxygen atoms in total. The third-order valence-electron chi connectivity index (χ3n) is 4.13. The second-order valence-electron chi connectivity index (χ2n) is 6.05. The Labute approximate surface area is 169 Å². The van der Waals surface area contributed by atoms with E-state index in [2.05, 4.69) is 0 Å². The Morgan fingerprint density at radius 3 is 2.30 bits per heavy atom. The van der Waals surface area contributed by atoms with E-state index in [1.54, 1.807) is 42.5 Å². The summed E-state index contributed by atoms with van der Waals surface area (Å²) in [5, 5.41) is 11.3. The minimum Gasteiger partial charge on any atom is -0.452 e. The Morgan fingerprint density at radius 1 is 0.900 bits per heavy atom. The van der Waals surface area contributed by atoms with Gasteiger partial charge in [-0.05, 0) is 29.8 Å². The van der Waals surface area contributed by atoms with Gasteiger partial charge in [0, 0.05) is 5.56 Å². The number of nitriles is 1. The minimum absolute atomic E-state index is 0.118. The SMILES string of the molecule is N#Cc1ccccc1-c1ccccc1C(=O)OCC(=O)Nc1ccc(F)c(F)c1F. The quantitative estimate of drug-likeness (QED) is 0.498. The van der Waals surface area contributed by atoms with E-state index in [0.29, 0.717) is 22.8 Å². The first-order valence-electron chi connectivity index (χ1n) is 8.61. The van der Waals surface area contributed by atoms with E-state index >= 15 is 0 Å². The van der Waals surface area contributed by atoms with Crippen LogP contribution in [0.15, 0.2) is 60.7 Å². The van der Waals surface area contributed by atoms with Gasteiger partial charge in [0.05, 0.1) is 22.9 Å². The van der Waals surface area contributed by atoms with Crippen LogP contribution in [-0.2, 0) is 9.53 Å². The minimum atomic E-state index is -1.73. The monoisotopic (exact) mass is 410 g/mol. The van der Waals surface area contributed by atoms with Gasteiger partial charge in [0.15, 0.2) is 24.1 Å². The molecular formula is C22H13F3N2O3. The van der Waals surface area contributed by atoms with Crippen molar-refractivity contribution in [3.63, 3.8) is 0 Å². The lowest BCUT2D eigenvalue weighted by Crippen LogP contribution is -2.22. The standard InChI is InChI=1S/C22H13F3N2O3/c23-17-9-10-18(21(25)20(17)24)27-19(28)12-30-22(29)16-8-4-3-7-15(16)14-6-2-1-5-13(14)11-26/h1-10H,12H2,(H,27,28). The number of carbonyl (C=O) groups excluding carboxylic acids is 2. The summed E-state index contributed by atoms with van der Waals surface area (Å²) in [5.41, 5.74) is 0.835. The summed E-state index contributed by atoms with van der Waals surface area (Å²) in [6.07, 6.45) is 0. The molecule has 0 saturated carbocycles. The molecule has 1 N–H and O–H groups in total. The number of nitrogens with one attached hydrogen (secondary N) is 1. The summed E-state index contributed by atoms with van der Waals surface area (Å²) in [7, 11) is 0. The average molecular weight is 410 g/mol. The molecule has 30 heavy (non-hydrogen) atoms. The van der Waals surface area contributed by atoms with E-state index in [1.807, 2.05) is 11.4 Å². The third kappa shape index (κ3) is 4.31. The molecule has 0 radical (unpaired) electrons. The molecule has 3 aromatic rings. The summed E-state index contributed by atoms with van der Waals surface area (Å²) in [5.74, 6) is -6.48. The fraction of sp³-hybridized carbons (Fsp3) is 0.0455. The number of esters is 1. The zero-order valence-electron chi connectivity index (χ0n) is 15.3. The molecule has 0 unspecified atom stereocenters. The van der Waals surface area contributed by atoms with Crippen LogP contribution in [0.5, 0.6) is 0 Å². The Bertz CT molecular complexity index is 1170. The van der Waals surface area contributed by atoms with E-state index < -0.39 is 41.6 Å². The highest BCUT2D eigenvalue weighted by Crippen LogP contribution is 2.27. The number of nitrogens with zero attached hydrogens (tertiary/aromatic N) is 1. The molecule has 0 atom stereocenters. The Kier molecular flexibility index (Phi) is 6.13. The van der Waals surface area contributed by atoms with Crippen LogP contribution in [0, 0.1) is 28.8 Å². The fourth-order valence-corrected chi connectivity index (χ4v) is 2.73. The highest BCUT2D eigenvalue weighted by Gasteiger charge is 2.19. The number of rotatable bonds is 5. The summed E-state index contributed by atoms with van der Waals surface area (Å²) in [4.78, 5) is 24.4. The van der Waals surface area contributed by atoms with Gasteiger partial charge >= 0.3 is 5.97 Å². The predicted octanol–water partition coefficient (Wildman–Crippen LogP) is 4.44. The number of ether oxygens (including phenoxy) is 1. The predicted molar refractivity (Wildman–Crippen MR) is 102 cm³/mol. The lowest BCUT2D eigenvalue weighted by molar-refractivity contribution is -0.119. The molecule has 0 aliphatic rings. The van der Waals surface area contributed by atoms with Crippen LogP contribution in [0.2, 0.25) is 0 Å². The highest BCUT2D eigenvalue weighted by atomic mass is 19.2. The molecule has 0 saturated heterocycles. The molecule has 150 valence electrons. The van der Waals surface area contributed by atoms with Gasteiger partial charge in [0.1, 0.15) is 0 Å².